The number of ether oxygens (including phenoxy) is 2. The van der Waals surface area contributed by atoms with Crippen LogP contribution in [0.1, 0.15) is 5.82 Å². The van der Waals surface area contributed by atoms with Gasteiger partial charge in [-0.2, -0.15) is 0 Å². The maximum absolute atomic E-state index is 6.13. The molecular formula is C21H20N2O2. The monoisotopic (exact) mass is 332 g/mol. The molecule has 3 aromatic carbocycles. The molecule has 126 valence electrons. The van der Waals surface area contributed by atoms with E-state index in [1.807, 2.05) is 42.5 Å². The highest BCUT2D eigenvalue weighted by molar-refractivity contribution is 5.88. The molecule has 25 heavy (non-hydrogen) atoms. The van der Waals surface area contributed by atoms with E-state index in [2.05, 4.69) is 28.8 Å². The number of nitrogens with zero attached hydrogens (tertiary/aromatic N) is 2. The van der Waals surface area contributed by atoms with Gasteiger partial charge in [-0.1, -0.05) is 48.5 Å². The summed E-state index contributed by atoms with van der Waals surface area (Å²) in [6, 6.07) is 22.5. The van der Waals surface area contributed by atoms with Crippen molar-refractivity contribution in [1.82, 2.24) is 9.55 Å². The molecule has 4 heteroatoms. The van der Waals surface area contributed by atoms with Gasteiger partial charge in [0.2, 0.25) is 0 Å². The summed E-state index contributed by atoms with van der Waals surface area (Å²) < 4.78 is 13.6. The van der Waals surface area contributed by atoms with Crippen molar-refractivity contribution >= 4 is 21.8 Å². The SMILES string of the molecule is COCCn1c(COc2cccc3ccccc23)nc2ccccc21. The molecule has 0 saturated heterocycles. The number of hydrogen-bond acceptors (Lipinski definition) is 3. The van der Waals surface area contributed by atoms with Crippen LogP contribution in [0.5, 0.6) is 5.75 Å². The highest BCUT2D eigenvalue weighted by Gasteiger charge is 2.11. The Morgan fingerprint density at radius 3 is 2.64 bits per heavy atom. The molecule has 4 rings (SSSR count). The van der Waals surface area contributed by atoms with E-state index < -0.39 is 0 Å². The number of imidazole rings is 1. The number of methoxy groups -OCH3 is 1. The second-order valence-electron chi connectivity index (χ2n) is 5.93. The van der Waals surface area contributed by atoms with E-state index in [1.54, 1.807) is 7.11 Å². The van der Waals surface area contributed by atoms with Gasteiger partial charge in [0.25, 0.3) is 0 Å². The largest absolute Gasteiger partial charge is 0.485 e. The van der Waals surface area contributed by atoms with Crippen molar-refractivity contribution < 1.29 is 9.47 Å². The maximum atomic E-state index is 6.13. The fraction of sp³-hybridized carbons (Fsp3) is 0.190. The first-order chi connectivity index (χ1) is 12.4. The summed E-state index contributed by atoms with van der Waals surface area (Å²) in [5.41, 5.74) is 2.09. The molecule has 0 aliphatic carbocycles. The van der Waals surface area contributed by atoms with Crippen molar-refractivity contribution in [3.05, 3.63) is 72.6 Å². The van der Waals surface area contributed by atoms with Crippen LogP contribution in [0.25, 0.3) is 21.8 Å². The molecule has 0 aliphatic rings. The molecule has 1 aromatic heterocycles. The van der Waals surface area contributed by atoms with E-state index in [4.69, 9.17) is 14.5 Å². The Morgan fingerprint density at radius 2 is 1.72 bits per heavy atom. The average Bonchev–Trinajstić information content (AvgIpc) is 3.02. The van der Waals surface area contributed by atoms with E-state index in [9.17, 15) is 0 Å². The second-order valence-corrected chi connectivity index (χ2v) is 5.93. The van der Waals surface area contributed by atoms with E-state index in [1.165, 1.54) is 5.39 Å². The van der Waals surface area contributed by atoms with E-state index in [-0.39, 0.29) is 0 Å². The average molecular weight is 332 g/mol. The summed E-state index contributed by atoms with van der Waals surface area (Å²) in [6.45, 7) is 1.82. The quantitative estimate of drug-likeness (QED) is 0.524. The summed E-state index contributed by atoms with van der Waals surface area (Å²) in [5.74, 6) is 1.79. The van der Waals surface area contributed by atoms with Gasteiger partial charge in [-0.25, -0.2) is 4.98 Å². The molecule has 0 unspecified atom stereocenters. The minimum absolute atomic E-state index is 0.423. The maximum Gasteiger partial charge on any atom is 0.148 e. The summed E-state index contributed by atoms with van der Waals surface area (Å²) in [4.78, 5) is 4.74. The van der Waals surface area contributed by atoms with Gasteiger partial charge >= 0.3 is 0 Å². The van der Waals surface area contributed by atoms with Crippen LogP contribution in [0.2, 0.25) is 0 Å². The van der Waals surface area contributed by atoms with Crippen LogP contribution in [-0.4, -0.2) is 23.3 Å². The Bertz CT molecular complexity index is 1000. The number of benzene rings is 3. The molecule has 0 N–H and O–H groups in total. The fourth-order valence-electron chi connectivity index (χ4n) is 3.13. The van der Waals surface area contributed by atoms with Gasteiger partial charge in [0.1, 0.15) is 18.2 Å². The second kappa shape index (κ2) is 6.95. The van der Waals surface area contributed by atoms with Crippen molar-refractivity contribution in [3.63, 3.8) is 0 Å². The van der Waals surface area contributed by atoms with Crippen molar-refractivity contribution in [2.45, 2.75) is 13.2 Å². The molecule has 0 fully saturated rings. The fourth-order valence-corrected chi connectivity index (χ4v) is 3.13. The number of aromatic nitrogens is 2. The third kappa shape index (κ3) is 3.08. The lowest BCUT2D eigenvalue weighted by molar-refractivity contribution is 0.185. The molecule has 0 radical (unpaired) electrons. The van der Waals surface area contributed by atoms with Crippen molar-refractivity contribution in [2.24, 2.45) is 0 Å². The van der Waals surface area contributed by atoms with Crippen LogP contribution in [0, 0.1) is 0 Å². The van der Waals surface area contributed by atoms with Crippen molar-refractivity contribution in [3.8, 4) is 5.75 Å². The summed E-state index contributed by atoms with van der Waals surface area (Å²) >= 11 is 0. The van der Waals surface area contributed by atoms with Gasteiger partial charge < -0.3 is 14.0 Å². The molecular weight excluding hydrogens is 312 g/mol. The number of fused-ring (bicyclic) bond motifs is 2. The highest BCUT2D eigenvalue weighted by Crippen LogP contribution is 2.26. The Hall–Kier alpha value is -2.85. The molecule has 0 atom stereocenters. The van der Waals surface area contributed by atoms with Gasteiger partial charge in [0, 0.05) is 19.0 Å². The molecule has 0 bridgehead atoms. The first-order valence-electron chi connectivity index (χ1n) is 8.40. The predicted molar refractivity (Wildman–Crippen MR) is 99.9 cm³/mol. The molecule has 0 spiro atoms. The zero-order valence-corrected chi connectivity index (χ0v) is 14.2. The lowest BCUT2D eigenvalue weighted by atomic mass is 10.1. The van der Waals surface area contributed by atoms with E-state index in [0.29, 0.717) is 13.2 Å². The minimum Gasteiger partial charge on any atom is -0.485 e. The predicted octanol–water partition coefficient (Wildman–Crippen LogP) is 4.41. The first-order valence-corrected chi connectivity index (χ1v) is 8.40. The summed E-state index contributed by atoms with van der Waals surface area (Å²) in [6.07, 6.45) is 0. The van der Waals surface area contributed by atoms with Crippen LogP contribution < -0.4 is 4.74 Å². The van der Waals surface area contributed by atoms with Gasteiger partial charge in [-0.3, -0.25) is 0 Å². The standard InChI is InChI=1S/C21H20N2O2/c1-24-14-13-23-19-11-5-4-10-18(19)22-21(23)15-25-20-12-6-8-16-7-2-3-9-17(16)20/h2-12H,13-15H2,1H3. The Kier molecular flexibility index (Phi) is 4.36. The van der Waals surface area contributed by atoms with Crippen molar-refractivity contribution in [1.29, 1.82) is 0 Å². The third-order valence-corrected chi connectivity index (χ3v) is 4.36. The lowest BCUT2D eigenvalue weighted by Crippen LogP contribution is -2.10. The minimum atomic E-state index is 0.423. The topological polar surface area (TPSA) is 36.3 Å². The highest BCUT2D eigenvalue weighted by atomic mass is 16.5. The van der Waals surface area contributed by atoms with Crippen molar-refractivity contribution in [2.75, 3.05) is 13.7 Å². The van der Waals surface area contributed by atoms with Gasteiger partial charge in [-0.15, -0.1) is 0 Å². The third-order valence-electron chi connectivity index (χ3n) is 4.36. The number of rotatable bonds is 6. The molecule has 4 nitrogen and oxygen atoms in total. The first kappa shape index (κ1) is 15.7. The van der Waals surface area contributed by atoms with E-state index in [0.717, 1.165) is 34.5 Å². The van der Waals surface area contributed by atoms with Gasteiger partial charge in [-0.05, 0) is 23.6 Å². The molecule has 0 aliphatic heterocycles. The Balaban J connectivity index is 1.66. The zero-order valence-electron chi connectivity index (χ0n) is 14.2. The normalized spacial score (nSPS) is 11.2. The smallest absolute Gasteiger partial charge is 0.148 e. The molecule has 0 saturated carbocycles. The van der Waals surface area contributed by atoms with E-state index >= 15 is 0 Å². The van der Waals surface area contributed by atoms with Crippen LogP contribution in [0.4, 0.5) is 0 Å². The molecule has 4 aromatic rings. The number of hydrogen-bond donors (Lipinski definition) is 0. The summed E-state index contributed by atoms with van der Waals surface area (Å²) in [7, 11) is 1.71. The lowest BCUT2D eigenvalue weighted by Gasteiger charge is -2.11. The van der Waals surface area contributed by atoms with Crippen LogP contribution in [0.15, 0.2) is 66.7 Å². The van der Waals surface area contributed by atoms with Gasteiger partial charge in [0.15, 0.2) is 0 Å². The van der Waals surface area contributed by atoms with Crippen LogP contribution in [-0.2, 0) is 17.9 Å². The number of para-hydroxylation sites is 2. The zero-order chi connectivity index (χ0) is 17.1. The Morgan fingerprint density at radius 1 is 0.920 bits per heavy atom. The van der Waals surface area contributed by atoms with Gasteiger partial charge in [0.05, 0.1) is 17.6 Å². The van der Waals surface area contributed by atoms with Crippen LogP contribution >= 0.6 is 0 Å². The summed E-state index contributed by atoms with van der Waals surface area (Å²) in [5, 5.41) is 2.29. The molecule has 1 heterocycles. The van der Waals surface area contributed by atoms with Crippen LogP contribution in [0.3, 0.4) is 0 Å². The molecule has 0 amide bonds. The Labute approximate surface area is 146 Å².